The van der Waals surface area contributed by atoms with Crippen molar-refractivity contribution in [1.82, 2.24) is 10.2 Å². The first-order chi connectivity index (χ1) is 13.1. The molecule has 0 aliphatic carbocycles. The normalized spacial score (nSPS) is 17.8. The molecule has 2 aliphatic heterocycles. The zero-order valence-corrected chi connectivity index (χ0v) is 14.6. The molecule has 0 saturated carbocycles. The summed E-state index contributed by atoms with van der Waals surface area (Å²) >= 11 is 0. The molecule has 4 rings (SSSR count). The molecule has 6 heteroatoms. The Morgan fingerprint density at radius 1 is 1.19 bits per heavy atom. The summed E-state index contributed by atoms with van der Waals surface area (Å²) < 4.78 is 5.62. The van der Waals surface area contributed by atoms with E-state index < -0.39 is 5.91 Å². The number of ether oxygens (including phenoxy) is 1. The van der Waals surface area contributed by atoms with E-state index in [1.165, 1.54) is 18.2 Å². The average Bonchev–Trinajstić information content (AvgIpc) is 2.93. The van der Waals surface area contributed by atoms with Crippen molar-refractivity contribution in [3.63, 3.8) is 0 Å². The summed E-state index contributed by atoms with van der Waals surface area (Å²) in [6.07, 6.45) is 2.16. The predicted octanol–water partition coefficient (Wildman–Crippen LogP) is 2.72. The summed E-state index contributed by atoms with van der Waals surface area (Å²) in [5.41, 5.74) is 1.85. The lowest BCUT2D eigenvalue weighted by molar-refractivity contribution is 0.0672. The number of hydrogen-bond donors (Lipinski definition) is 1. The molecule has 2 aliphatic rings. The highest BCUT2D eigenvalue weighted by Crippen LogP contribution is 2.32. The quantitative estimate of drug-likeness (QED) is 0.670. The van der Waals surface area contributed by atoms with Crippen molar-refractivity contribution in [2.24, 2.45) is 0 Å². The highest BCUT2D eigenvalue weighted by molar-refractivity contribution is 6.22. The number of hydrogen-bond acceptors (Lipinski definition) is 4. The molecule has 0 aromatic heterocycles. The molecule has 3 amide bonds. The minimum Gasteiger partial charge on any atom is -0.493 e. The molecule has 0 bridgehead atoms. The van der Waals surface area contributed by atoms with Gasteiger partial charge in [-0.2, -0.15) is 0 Å². The van der Waals surface area contributed by atoms with E-state index in [1.807, 2.05) is 24.3 Å². The summed E-state index contributed by atoms with van der Waals surface area (Å²) in [6.45, 7) is 4.23. The van der Waals surface area contributed by atoms with Gasteiger partial charge in [0.05, 0.1) is 23.8 Å². The number of carbonyl (C=O) groups excluding carboxylic acids is 3. The molecule has 2 aromatic carbocycles. The van der Waals surface area contributed by atoms with Crippen LogP contribution in [0.4, 0.5) is 0 Å². The number of rotatable bonds is 4. The van der Waals surface area contributed by atoms with E-state index in [-0.39, 0.29) is 30.0 Å². The van der Waals surface area contributed by atoms with Gasteiger partial charge in [-0.25, -0.2) is 0 Å². The number of benzene rings is 2. The molecule has 1 N–H and O–H groups in total. The molecule has 0 fully saturated rings. The lowest BCUT2D eigenvalue weighted by Gasteiger charge is -2.26. The molecule has 2 heterocycles. The standard InChI is InChI=1S/C21H18N2O4/c1-2-10-23-20(25)14-8-7-13(12-16(14)21(23)26)19(24)22-17-9-11-27-18-6-4-3-5-15(17)18/h2-8,12,17H,1,9-11H2,(H,22,24)/t17-/m1/s1. The van der Waals surface area contributed by atoms with Crippen LogP contribution in [0, 0.1) is 0 Å². The van der Waals surface area contributed by atoms with Crippen molar-refractivity contribution < 1.29 is 19.1 Å². The fourth-order valence-corrected chi connectivity index (χ4v) is 3.46. The summed E-state index contributed by atoms with van der Waals surface area (Å²) in [4.78, 5) is 38.6. The van der Waals surface area contributed by atoms with Gasteiger partial charge in [0, 0.05) is 24.1 Å². The van der Waals surface area contributed by atoms with Crippen LogP contribution in [-0.2, 0) is 0 Å². The second kappa shape index (κ2) is 6.72. The summed E-state index contributed by atoms with van der Waals surface area (Å²) in [5, 5.41) is 3.00. The van der Waals surface area contributed by atoms with E-state index >= 15 is 0 Å². The second-order valence-corrected chi connectivity index (χ2v) is 6.47. The Kier molecular flexibility index (Phi) is 4.24. The van der Waals surface area contributed by atoms with Crippen LogP contribution in [0.3, 0.4) is 0 Å². The maximum absolute atomic E-state index is 12.7. The van der Waals surface area contributed by atoms with Crippen molar-refractivity contribution in [2.45, 2.75) is 12.5 Å². The second-order valence-electron chi connectivity index (χ2n) is 6.47. The average molecular weight is 362 g/mol. The number of imide groups is 1. The van der Waals surface area contributed by atoms with E-state index in [0.717, 1.165) is 16.2 Å². The molecule has 27 heavy (non-hydrogen) atoms. The molecule has 6 nitrogen and oxygen atoms in total. The van der Waals surface area contributed by atoms with Crippen LogP contribution in [-0.4, -0.2) is 35.8 Å². The first-order valence-electron chi connectivity index (χ1n) is 8.74. The maximum atomic E-state index is 12.7. The molecular weight excluding hydrogens is 344 g/mol. The summed E-state index contributed by atoms with van der Waals surface area (Å²) in [6, 6.07) is 12.0. The van der Waals surface area contributed by atoms with Gasteiger partial charge in [-0.3, -0.25) is 19.3 Å². The van der Waals surface area contributed by atoms with Gasteiger partial charge in [-0.15, -0.1) is 6.58 Å². The Labute approximate surface area is 156 Å². The Morgan fingerprint density at radius 2 is 1.96 bits per heavy atom. The first kappa shape index (κ1) is 17.0. The van der Waals surface area contributed by atoms with Crippen LogP contribution in [0.15, 0.2) is 55.1 Å². The smallest absolute Gasteiger partial charge is 0.261 e. The first-order valence-corrected chi connectivity index (χ1v) is 8.74. The van der Waals surface area contributed by atoms with Crippen molar-refractivity contribution in [1.29, 1.82) is 0 Å². The minimum atomic E-state index is -0.402. The zero-order valence-electron chi connectivity index (χ0n) is 14.6. The van der Waals surface area contributed by atoms with Crippen LogP contribution in [0.5, 0.6) is 5.75 Å². The fraction of sp³-hybridized carbons (Fsp3) is 0.190. The Bertz CT molecular complexity index is 966. The highest BCUT2D eigenvalue weighted by atomic mass is 16.5. The molecule has 0 spiro atoms. The number of amides is 3. The Morgan fingerprint density at radius 3 is 2.78 bits per heavy atom. The number of para-hydroxylation sites is 1. The van der Waals surface area contributed by atoms with Crippen molar-refractivity contribution in [3.8, 4) is 5.75 Å². The summed E-state index contributed by atoms with van der Waals surface area (Å²) in [5.74, 6) is -0.285. The number of fused-ring (bicyclic) bond motifs is 2. The molecular formula is C21H18N2O4. The van der Waals surface area contributed by atoms with Gasteiger partial charge in [0.1, 0.15) is 5.75 Å². The number of nitrogens with one attached hydrogen (secondary N) is 1. The van der Waals surface area contributed by atoms with E-state index in [0.29, 0.717) is 24.2 Å². The molecule has 136 valence electrons. The number of nitrogens with zero attached hydrogens (tertiary/aromatic N) is 1. The predicted molar refractivity (Wildman–Crippen MR) is 98.8 cm³/mol. The topological polar surface area (TPSA) is 75.7 Å². The molecule has 0 saturated heterocycles. The van der Waals surface area contributed by atoms with Gasteiger partial charge >= 0.3 is 0 Å². The van der Waals surface area contributed by atoms with Crippen LogP contribution in [0.25, 0.3) is 0 Å². The lowest BCUT2D eigenvalue weighted by atomic mass is 9.99. The van der Waals surface area contributed by atoms with Gasteiger partial charge in [-0.1, -0.05) is 24.3 Å². The molecule has 1 atom stereocenters. The lowest BCUT2D eigenvalue weighted by Crippen LogP contribution is -2.32. The van der Waals surface area contributed by atoms with Gasteiger partial charge in [0.2, 0.25) is 0 Å². The Balaban J connectivity index is 1.58. The third-order valence-corrected chi connectivity index (χ3v) is 4.81. The monoisotopic (exact) mass is 362 g/mol. The SMILES string of the molecule is C=CCN1C(=O)c2ccc(C(=O)N[C@@H]3CCOc4ccccc43)cc2C1=O. The van der Waals surface area contributed by atoms with E-state index in [4.69, 9.17) is 4.74 Å². The van der Waals surface area contributed by atoms with Crippen molar-refractivity contribution in [2.75, 3.05) is 13.2 Å². The zero-order chi connectivity index (χ0) is 19.0. The minimum absolute atomic E-state index is 0.146. The molecule has 2 aromatic rings. The van der Waals surface area contributed by atoms with Gasteiger partial charge in [-0.05, 0) is 24.3 Å². The fourth-order valence-electron chi connectivity index (χ4n) is 3.46. The third kappa shape index (κ3) is 2.89. The maximum Gasteiger partial charge on any atom is 0.261 e. The van der Waals surface area contributed by atoms with E-state index in [1.54, 1.807) is 6.07 Å². The largest absolute Gasteiger partial charge is 0.493 e. The van der Waals surface area contributed by atoms with Crippen molar-refractivity contribution in [3.05, 3.63) is 77.4 Å². The molecule has 0 unspecified atom stereocenters. The van der Waals surface area contributed by atoms with Gasteiger partial charge in [0.15, 0.2) is 0 Å². The van der Waals surface area contributed by atoms with Crippen LogP contribution in [0.1, 0.15) is 49.1 Å². The third-order valence-electron chi connectivity index (χ3n) is 4.81. The van der Waals surface area contributed by atoms with Crippen LogP contribution < -0.4 is 10.1 Å². The van der Waals surface area contributed by atoms with Gasteiger partial charge in [0.25, 0.3) is 17.7 Å². The van der Waals surface area contributed by atoms with E-state index in [2.05, 4.69) is 11.9 Å². The van der Waals surface area contributed by atoms with Gasteiger partial charge < -0.3 is 10.1 Å². The summed E-state index contributed by atoms with van der Waals surface area (Å²) in [7, 11) is 0. The van der Waals surface area contributed by atoms with Crippen LogP contribution >= 0.6 is 0 Å². The number of carbonyl (C=O) groups is 3. The van der Waals surface area contributed by atoms with E-state index in [9.17, 15) is 14.4 Å². The van der Waals surface area contributed by atoms with Crippen LogP contribution in [0.2, 0.25) is 0 Å². The molecule has 0 radical (unpaired) electrons. The highest BCUT2D eigenvalue weighted by Gasteiger charge is 2.35. The Hall–Kier alpha value is -3.41. The van der Waals surface area contributed by atoms with Crippen molar-refractivity contribution >= 4 is 17.7 Å².